The molecule has 5 rings (SSSR count). The van der Waals surface area contributed by atoms with Crippen LogP contribution in [-0.4, -0.2) is 44.4 Å². The molecule has 1 aliphatic carbocycles. The molecule has 2 fully saturated rings. The predicted molar refractivity (Wildman–Crippen MR) is 98.5 cm³/mol. The van der Waals surface area contributed by atoms with Gasteiger partial charge in [-0.3, -0.25) is 0 Å². The van der Waals surface area contributed by atoms with E-state index in [-0.39, 0.29) is 0 Å². The third-order valence-corrected chi connectivity index (χ3v) is 6.10. The predicted octanol–water partition coefficient (Wildman–Crippen LogP) is 2.62. The normalized spacial score (nSPS) is 17.9. The number of thiazole rings is 1. The highest BCUT2D eigenvalue weighted by Gasteiger charge is 2.31. The van der Waals surface area contributed by atoms with E-state index >= 15 is 0 Å². The number of hydrogen-bond donors (Lipinski definition) is 1. The molecule has 1 N–H and O–H groups in total. The van der Waals surface area contributed by atoms with Crippen molar-refractivity contribution in [2.24, 2.45) is 5.92 Å². The van der Waals surface area contributed by atoms with Crippen molar-refractivity contribution in [2.45, 2.75) is 32.6 Å². The van der Waals surface area contributed by atoms with Gasteiger partial charge in [0.05, 0.1) is 5.69 Å². The van der Waals surface area contributed by atoms with Gasteiger partial charge in [0.2, 0.25) is 0 Å². The van der Waals surface area contributed by atoms with Crippen molar-refractivity contribution in [1.82, 2.24) is 24.8 Å². The van der Waals surface area contributed by atoms with Crippen molar-refractivity contribution < 1.29 is 0 Å². The molecule has 0 bridgehead atoms. The molecule has 1 saturated carbocycles. The van der Waals surface area contributed by atoms with Crippen LogP contribution in [0.5, 0.6) is 0 Å². The van der Waals surface area contributed by atoms with Crippen LogP contribution in [0.1, 0.15) is 35.2 Å². The van der Waals surface area contributed by atoms with Crippen LogP contribution in [0.4, 0.5) is 10.9 Å². The Balaban J connectivity index is 1.22. The third kappa shape index (κ3) is 2.74. The van der Waals surface area contributed by atoms with E-state index in [1.807, 2.05) is 10.6 Å². The fourth-order valence-electron chi connectivity index (χ4n) is 3.23. The van der Waals surface area contributed by atoms with Crippen LogP contribution in [0.3, 0.4) is 0 Å². The second kappa shape index (κ2) is 5.66. The summed E-state index contributed by atoms with van der Waals surface area (Å²) in [6.07, 6.45) is 2.42. The quantitative estimate of drug-likeness (QED) is 0.759. The van der Waals surface area contributed by atoms with Crippen LogP contribution < -0.4 is 10.2 Å². The molecule has 1 aliphatic heterocycles. The van der Waals surface area contributed by atoms with Crippen molar-refractivity contribution in [3.63, 3.8) is 0 Å². The molecule has 7 nitrogen and oxygen atoms in total. The van der Waals surface area contributed by atoms with Crippen LogP contribution in [0, 0.1) is 19.8 Å². The zero-order valence-corrected chi connectivity index (χ0v) is 15.3. The van der Waals surface area contributed by atoms with E-state index < -0.39 is 0 Å². The summed E-state index contributed by atoms with van der Waals surface area (Å²) in [7, 11) is 0. The first-order valence-corrected chi connectivity index (χ1v) is 9.64. The topological polar surface area (TPSA) is 71.2 Å². The lowest BCUT2D eigenvalue weighted by Gasteiger charge is -2.40. The molecule has 25 heavy (non-hydrogen) atoms. The molecule has 3 aromatic heterocycles. The van der Waals surface area contributed by atoms with Crippen molar-refractivity contribution in [1.29, 1.82) is 0 Å². The maximum absolute atomic E-state index is 4.77. The highest BCUT2D eigenvalue weighted by atomic mass is 32.1. The van der Waals surface area contributed by atoms with Crippen molar-refractivity contribution in [3.8, 4) is 0 Å². The Morgan fingerprint density at radius 3 is 2.76 bits per heavy atom. The number of hydrogen-bond acceptors (Lipinski definition) is 7. The lowest BCUT2D eigenvalue weighted by atomic mass is 10.0. The maximum atomic E-state index is 4.77. The first-order chi connectivity index (χ1) is 12.2. The standard InChI is InChI=1S/C17H21N7S/c1-10-11(2)25-17(19-10)18-7-12-8-23(9-12)15-6-5-14-20-21-16(13-3-4-13)24(14)22-15/h5-6,12-13H,3-4,7-9H2,1-2H3,(H,18,19). The summed E-state index contributed by atoms with van der Waals surface area (Å²) in [5, 5.41) is 17.8. The van der Waals surface area contributed by atoms with Crippen molar-refractivity contribution >= 4 is 27.9 Å². The molecule has 0 amide bonds. The van der Waals surface area contributed by atoms with Gasteiger partial charge < -0.3 is 10.2 Å². The number of fused-ring (bicyclic) bond motifs is 1. The summed E-state index contributed by atoms with van der Waals surface area (Å²) in [6, 6.07) is 4.08. The lowest BCUT2D eigenvalue weighted by Crippen LogP contribution is -2.50. The van der Waals surface area contributed by atoms with E-state index in [0.29, 0.717) is 11.8 Å². The highest BCUT2D eigenvalue weighted by molar-refractivity contribution is 7.15. The smallest absolute Gasteiger partial charge is 0.183 e. The summed E-state index contributed by atoms with van der Waals surface area (Å²) in [5.41, 5.74) is 1.97. The second-order valence-electron chi connectivity index (χ2n) is 7.11. The molecule has 8 heteroatoms. The molecule has 0 spiro atoms. The number of anilines is 2. The van der Waals surface area contributed by atoms with Gasteiger partial charge >= 0.3 is 0 Å². The summed E-state index contributed by atoms with van der Waals surface area (Å²) >= 11 is 1.74. The molecular weight excluding hydrogens is 334 g/mol. The van der Waals surface area contributed by atoms with Crippen molar-refractivity contribution in [3.05, 3.63) is 28.5 Å². The summed E-state index contributed by atoms with van der Waals surface area (Å²) in [5.74, 6) is 3.22. The van der Waals surface area contributed by atoms with Gasteiger partial charge in [0, 0.05) is 36.3 Å². The Kier molecular flexibility index (Phi) is 3.41. The zero-order chi connectivity index (χ0) is 17.0. The summed E-state index contributed by atoms with van der Waals surface area (Å²) < 4.78 is 1.93. The SMILES string of the molecule is Cc1nc(NCC2CN(c3ccc4nnc(C5CC5)n4n3)C2)sc1C. The van der Waals surface area contributed by atoms with E-state index in [1.54, 1.807) is 11.3 Å². The fraction of sp³-hybridized carbons (Fsp3) is 0.529. The van der Waals surface area contributed by atoms with Gasteiger partial charge in [0.1, 0.15) is 5.82 Å². The summed E-state index contributed by atoms with van der Waals surface area (Å²) in [6.45, 7) is 7.19. The fourth-order valence-corrected chi connectivity index (χ4v) is 4.05. The average molecular weight is 355 g/mol. The van der Waals surface area contributed by atoms with Crippen LogP contribution in [0.25, 0.3) is 5.65 Å². The molecule has 1 saturated heterocycles. The number of aromatic nitrogens is 5. The monoisotopic (exact) mass is 355 g/mol. The van der Waals surface area contributed by atoms with E-state index in [1.165, 1.54) is 17.7 Å². The molecule has 4 heterocycles. The van der Waals surface area contributed by atoms with Crippen LogP contribution >= 0.6 is 11.3 Å². The van der Waals surface area contributed by atoms with Gasteiger partial charge in [-0.25, -0.2) is 4.98 Å². The molecule has 2 aliphatic rings. The van der Waals surface area contributed by atoms with Gasteiger partial charge in [0.25, 0.3) is 0 Å². The minimum atomic E-state index is 0.552. The lowest BCUT2D eigenvalue weighted by molar-refractivity contribution is 0.425. The minimum Gasteiger partial charge on any atom is -0.361 e. The average Bonchev–Trinajstić information content (AvgIpc) is 3.24. The number of nitrogens with one attached hydrogen (secondary N) is 1. The van der Waals surface area contributed by atoms with Gasteiger partial charge in [-0.1, -0.05) is 0 Å². The Morgan fingerprint density at radius 1 is 1.20 bits per heavy atom. The number of rotatable bonds is 5. The van der Waals surface area contributed by atoms with Gasteiger partial charge in [0.15, 0.2) is 16.6 Å². The largest absolute Gasteiger partial charge is 0.361 e. The first kappa shape index (κ1) is 15.1. The number of aryl methyl sites for hydroxylation is 2. The van der Waals surface area contributed by atoms with Gasteiger partial charge in [-0.05, 0) is 38.8 Å². The third-order valence-electron chi connectivity index (χ3n) is 5.07. The van der Waals surface area contributed by atoms with Crippen LogP contribution in [0.15, 0.2) is 12.1 Å². The van der Waals surface area contributed by atoms with E-state index in [0.717, 1.165) is 47.7 Å². The van der Waals surface area contributed by atoms with Crippen molar-refractivity contribution in [2.75, 3.05) is 29.9 Å². The molecule has 0 aromatic carbocycles. The minimum absolute atomic E-state index is 0.552. The Labute approximate surface area is 150 Å². The Morgan fingerprint density at radius 2 is 2.04 bits per heavy atom. The Hall–Kier alpha value is -2.22. The number of nitrogens with zero attached hydrogens (tertiary/aromatic N) is 6. The van der Waals surface area contributed by atoms with E-state index in [2.05, 4.69) is 45.3 Å². The molecule has 130 valence electrons. The molecule has 0 atom stereocenters. The van der Waals surface area contributed by atoms with Gasteiger partial charge in [-0.15, -0.1) is 26.6 Å². The van der Waals surface area contributed by atoms with E-state index in [9.17, 15) is 0 Å². The molecule has 0 unspecified atom stereocenters. The zero-order valence-electron chi connectivity index (χ0n) is 14.4. The first-order valence-electron chi connectivity index (χ1n) is 8.82. The van der Waals surface area contributed by atoms with Crippen LogP contribution in [-0.2, 0) is 0 Å². The van der Waals surface area contributed by atoms with Gasteiger partial charge in [-0.2, -0.15) is 4.52 Å². The highest BCUT2D eigenvalue weighted by Crippen LogP contribution is 2.39. The Bertz CT molecular complexity index is 901. The molecule has 3 aromatic rings. The second-order valence-corrected chi connectivity index (χ2v) is 8.31. The molecular formula is C17H21N7S. The summed E-state index contributed by atoms with van der Waals surface area (Å²) in [4.78, 5) is 8.15. The maximum Gasteiger partial charge on any atom is 0.183 e. The molecule has 0 radical (unpaired) electrons. The van der Waals surface area contributed by atoms with Crippen LogP contribution in [0.2, 0.25) is 0 Å². The van der Waals surface area contributed by atoms with E-state index in [4.69, 9.17) is 5.10 Å².